The third-order valence-corrected chi connectivity index (χ3v) is 2.37. The maximum atomic E-state index is 11.5. The topological polar surface area (TPSA) is 105 Å². The van der Waals surface area contributed by atoms with Gasteiger partial charge in [0.2, 0.25) is 17.7 Å². The lowest BCUT2D eigenvalue weighted by atomic mass is 10.4. The van der Waals surface area contributed by atoms with Gasteiger partial charge in [0.05, 0.1) is 19.6 Å². The first-order valence-electron chi connectivity index (χ1n) is 5.53. The largest absolute Gasteiger partial charge is 0.352 e. The first-order valence-corrected chi connectivity index (χ1v) is 5.53. The molecule has 17 heavy (non-hydrogen) atoms. The van der Waals surface area contributed by atoms with Crippen LogP contribution in [0.15, 0.2) is 0 Å². The van der Waals surface area contributed by atoms with Crippen LogP contribution >= 0.6 is 0 Å². The van der Waals surface area contributed by atoms with Gasteiger partial charge in [-0.2, -0.15) is 0 Å². The van der Waals surface area contributed by atoms with Gasteiger partial charge in [0.25, 0.3) is 0 Å². The van der Waals surface area contributed by atoms with E-state index in [1.54, 1.807) is 0 Å². The molecule has 0 aromatic carbocycles. The second kappa shape index (κ2) is 6.19. The molecule has 0 bridgehead atoms. The fourth-order valence-electron chi connectivity index (χ4n) is 1.19. The normalized spacial score (nSPS) is 14.0. The third kappa shape index (κ3) is 5.30. The van der Waals surface area contributed by atoms with E-state index in [4.69, 9.17) is 5.73 Å². The molecular formula is C10H18N4O3. The molecule has 0 spiro atoms. The summed E-state index contributed by atoms with van der Waals surface area (Å²) in [6.07, 6.45) is 2.02. The number of hydrogen-bond donors (Lipinski definition) is 3. The molecule has 3 amide bonds. The summed E-state index contributed by atoms with van der Waals surface area (Å²) in [6.45, 7) is -0.282. The molecule has 1 rings (SSSR count). The van der Waals surface area contributed by atoms with E-state index in [0.717, 1.165) is 12.8 Å². The van der Waals surface area contributed by atoms with Crippen LogP contribution in [0.25, 0.3) is 0 Å². The van der Waals surface area contributed by atoms with Gasteiger partial charge in [0, 0.05) is 13.1 Å². The van der Waals surface area contributed by atoms with Crippen molar-refractivity contribution in [3.8, 4) is 0 Å². The summed E-state index contributed by atoms with van der Waals surface area (Å²) < 4.78 is 0. The maximum Gasteiger partial charge on any atom is 0.242 e. The Balaban J connectivity index is 2.20. The van der Waals surface area contributed by atoms with Gasteiger partial charge in [0.15, 0.2) is 0 Å². The van der Waals surface area contributed by atoms with Crippen molar-refractivity contribution in [2.75, 3.05) is 26.7 Å². The predicted molar refractivity (Wildman–Crippen MR) is 60.9 cm³/mol. The lowest BCUT2D eigenvalue weighted by Gasteiger charge is -2.16. The van der Waals surface area contributed by atoms with Gasteiger partial charge >= 0.3 is 0 Å². The maximum absolute atomic E-state index is 11.5. The van der Waals surface area contributed by atoms with Crippen LogP contribution in [0.2, 0.25) is 0 Å². The van der Waals surface area contributed by atoms with Gasteiger partial charge in [-0.05, 0) is 12.8 Å². The van der Waals surface area contributed by atoms with Crippen LogP contribution in [-0.2, 0) is 14.4 Å². The monoisotopic (exact) mass is 242 g/mol. The quantitative estimate of drug-likeness (QED) is 0.491. The lowest BCUT2D eigenvalue weighted by molar-refractivity contribution is -0.135. The molecule has 0 aliphatic heterocycles. The number of likely N-dealkylation sites (N-methyl/N-ethyl adjacent to an activating group) is 1. The van der Waals surface area contributed by atoms with E-state index in [1.165, 1.54) is 11.9 Å². The van der Waals surface area contributed by atoms with E-state index in [2.05, 4.69) is 10.6 Å². The Kier molecular flexibility index (Phi) is 4.89. The molecule has 1 aliphatic rings. The summed E-state index contributed by atoms with van der Waals surface area (Å²) in [7, 11) is 1.52. The average Bonchev–Trinajstić information content (AvgIpc) is 3.08. The Morgan fingerprint density at radius 3 is 2.47 bits per heavy atom. The SMILES string of the molecule is CN(CC(=O)NC1CC1)C(=O)CNC(=O)CN. The minimum absolute atomic E-state index is 0.00777. The van der Waals surface area contributed by atoms with Crippen molar-refractivity contribution < 1.29 is 14.4 Å². The molecule has 1 saturated carbocycles. The average molecular weight is 242 g/mol. The summed E-state index contributed by atoms with van der Waals surface area (Å²) in [6, 6.07) is 0.281. The molecule has 96 valence electrons. The number of nitrogens with zero attached hydrogens (tertiary/aromatic N) is 1. The predicted octanol–water partition coefficient (Wildman–Crippen LogP) is -2.20. The van der Waals surface area contributed by atoms with Crippen LogP contribution in [-0.4, -0.2) is 55.3 Å². The zero-order valence-corrected chi connectivity index (χ0v) is 9.86. The molecule has 1 aliphatic carbocycles. The Labute approximate surface area is 99.7 Å². The molecule has 4 N–H and O–H groups in total. The van der Waals surface area contributed by atoms with E-state index in [-0.39, 0.29) is 37.5 Å². The fourth-order valence-corrected chi connectivity index (χ4v) is 1.19. The van der Waals surface area contributed by atoms with E-state index >= 15 is 0 Å². The highest BCUT2D eigenvalue weighted by atomic mass is 16.2. The zero-order valence-electron chi connectivity index (χ0n) is 9.86. The van der Waals surface area contributed by atoms with Crippen LogP contribution in [0.1, 0.15) is 12.8 Å². The second-order valence-corrected chi connectivity index (χ2v) is 4.07. The summed E-state index contributed by atoms with van der Waals surface area (Å²) in [5, 5.41) is 5.13. The summed E-state index contributed by atoms with van der Waals surface area (Å²) in [5.41, 5.74) is 5.08. The van der Waals surface area contributed by atoms with E-state index in [0.29, 0.717) is 0 Å². The van der Waals surface area contributed by atoms with E-state index < -0.39 is 5.91 Å². The highest BCUT2D eigenvalue weighted by Crippen LogP contribution is 2.18. The molecule has 1 fully saturated rings. The van der Waals surface area contributed by atoms with Gasteiger partial charge in [-0.25, -0.2) is 0 Å². The molecule has 0 unspecified atom stereocenters. The third-order valence-electron chi connectivity index (χ3n) is 2.37. The van der Waals surface area contributed by atoms with Gasteiger partial charge in [0.1, 0.15) is 0 Å². The number of nitrogens with two attached hydrogens (primary N) is 1. The van der Waals surface area contributed by atoms with Crippen molar-refractivity contribution in [1.29, 1.82) is 0 Å². The summed E-state index contributed by atoms with van der Waals surface area (Å²) >= 11 is 0. The van der Waals surface area contributed by atoms with Crippen LogP contribution < -0.4 is 16.4 Å². The molecule has 0 radical (unpaired) electrons. The van der Waals surface area contributed by atoms with Crippen molar-refractivity contribution in [2.45, 2.75) is 18.9 Å². The fraction of sp³-hybridized carbons (Fsp3) is 0.700. The second-order valence-electron chi connectivity index (χ2n) is 4.07. The van der Waals surface area contributed by atoms with Gasteiger partial charge in [-0.1, -0.05) is 0 Å². The highest BCUT2D eigenvalue weighted by Gasteiger charge is 2.24. The molecule has 7 nitrogen and oxygen atoms in total. The Hall–Kier alpha value is -1.63. The standard InChI is InChI=1S/C10H18N4O3/c1-14(6-9(16)13-7-2-3-7)10(17)5-12-8(15)4-11/h7H,2-6,11H2,1H3,(H,12,15)(H,13,16). The van der Waals surface area contributed by atoms with Crippen LogP contribution in [0.4, 0.5) is 0 Å². The Bertz CT molecular complexity index is 315. The van der Waals surface area contributed by atoms with Gasteiger partial charge in [-0.3, -0.25) is 14.4 Å². The van der Waals surface area contributed by atoms with Crippen molar-refractivity contribution in [3.05, 3.63) is 0 Å². The lowest BCUT2D eigenvalue weighted by Crippen LogP contribution is -2.44. The molecule has 0 saturated heterocycles. The van der Waals surface area contributed by atoms with Crippen molar-refractivity contribution >= 4 is 17.7 Å². The van der Waals surface area contributed by atoms with Crippen molar-refractivity contribution in [2.24, 2.45) is 5.73 Å². The Morgan fingerprint density at radius 1 is 1.29 bits per heavy atom. The highest BCUT2D eigenvalue weighted by molar-refractivity contribution is 5.88. The van der Waals surface area contributed by atoms with E-state index in [1.807, 2.05) is 0 Å². The summed E-state index contributed by atoms with van der Waals surface area (Å²) in [5.74, 6) is -0.888. The number of carbonyl (C=O) groups is 3. The first-order chi connectivity index (χ1) is 8.02. The molecule has 0 aromatic heterocycles. The molecule has 0 atom stereocenters. The molecule has 7 heteroatoms. The molecular weight excluding hydrogens is 224 g/mol. The van der Waals surface area contributed by atoms with Gasteiger partial charge < -0.3 is 21.3 Å². The van der Waals surface area contributed by atoms with Crippen LogP contribution in [0.5, 0.6) is 0 Å². The smallest absolute Gasteiger partial charge is 0.242 e. The molecule has 0 heterocycles. The van der Waals surface area contributed by atoms with E-state index in [9.17, 15) is 14.4 Å². The number of amides is 3. The number of rotatable bonds is 6. The Morgan fingerprint density at radius 2 is 1.94 bits per heavy atom. The number of nitrogens with one attached hydrogen (secondary N) is 2. The number of hydrogen-bond acceptors (Lipinski definition) is 4. The van der Waals surface area contributed by atoms with Crippen LogP contribution in [0.3, 0.4) is 0 Å². The van der Waals surface area contributed by atoms with Crippen LogP contribution in [0, 0.1) is 0 Å². The summed E-state index contributed by atoms with van der Waals surface area (Å²) in [4.78, 5) is 35.0. The minimum atomic E-state index is -0.394. The van der Waals surface area contributed by atoms with Crippen molar-refractivity contribution in [3.63, 3.8) is 0 Å². The van der Waals surface area contributed by atoms with Gasteiger partial charge in [-0.15, -0.1) is 0 Å². The number of carbonyl (C=O) groups excluding carboxylic acids is 3. The van der Waals surface area contributed by atoms with Crippen molar-refractivity contribution in [1.82, 2.24) is 15.5 Å². The first kappa shape index (κ1) is 13.4. The zero-order chi connectivity index (χ0) is 12.8. The molecule has 0 aromatic rings. The minimum Gasteiger partial charge on any atom is -0.352 e.